The van der Waals surface area contributed by atoms with Crippen LogP contribution in [0, 0.1) is 10.8 Å². The number of nitrogens with one attached hydrogen (secondary N) is 2. The predicted molar refractivity (Wildman–Crippen MR) is 76.5 cm³/mol. The van der Waals surface area contributed by atoms with Gasteiger partial charge in [-0.3, -0.25) is 4.79 Å². The molecule has 106 valence electrons. The molecule has 1 aliphatic heterocycles. The van der Waals surface area contributed by atoms with Gasteiger partial charge in [-0.1, -0.05) is 40.0 Å². The van der Waals surface area contributed by atoms with Crippen molar-refractivity contribution in [2.24, 2.45) is 10.8 Å². The van der Waals surface area contributed by atoms with Crippen LogP contribution in [0.4, 0.5) is 0 Å². The molecule has 3 heteroatoms. The van der Waals surface area contributed by atoms with Gasteiger partial charge in [0.1, 0.15) is 0 Å². The second-order valence-corrected chi connectivity index (χ2v) is 6.79. The van der Waals surface area contributed by atoms with E-state index in [0.717, 1.165) is 26.1 Å². The molecule has 1 saturated heterocycles. The Hall–Kier alpha value is -0.570. The largest absolute Gasteiger partial charge is 0.355 e. The van der Waals surface area contributed by atoms with Gasteiger partial charge in [0.25, 0.3) is 0 Å². The third kappa shape index (κ3) is 4.60. The van der Waals surface area contributed by atoms with Gasteiger partial charge in [0.15, 0.2) is 0 Å². The van der Waals surface area contributed by atoms with E-state index in [2.05, 4.69) is 38.3 Å². The summed E-state index contributed by atoms with van der Waals surface area (Å²) in [4.78, 5) is 12.2. The summed E-state index contributed by atoms with van der Waals surface area (Å²) < 4.78 is 0. The standard InChI is InChI=1S/C15H30N2O/c1-5-6-7-8-14(2,3)11-17-13(18)15(4)9-10-16-12-15/h16H,5-12H2,1-4H3,(H,17,18). The van der Waals surface area contributed by atoms with Crippen LogP contribution in [0.3, 0.4) is 0 Å². The summed E-state index contributed by atoms with van der Waals surface area (Å²) in [6.07, 6.45) is 5.95. The van der Waals surface area contributed by atoms with Gasteiger partial charge in [-0.05, 0) is 31.7 Å². The van der Waals surface area contributed by atoms with E-state index in [1.54, 1.807) is 0 Å². The molecule has 1 atom stereocenters. The molecule has 18 heavy (non-hydrogen) atoms. The van der Waals surface area contributed by atoms with E-state index in [-0.39, 0.29) is 16.7 Å². The van der Waals surface area contributed by atoms with E-state index in [9.17, 15) is 4.79 Å². The highest BCUT2D eigenvalue weighted by Gasteiger charge is 2.36. The predicted octanol–water partition coefficient (Wildman–Crippen LogP) is 2.71. The molecule has 0 aromatic heterocycles. The summed E-state index contributed by atoms with van der Waals surface area (Å²) in [5.41, 5.74) is 0.0206. The maximum absolute atomic E-state index is 12.2. The molecule has 0 bridgehead atoms. The SMILES string of the molecule is CCCCCC(C)(C)CNC(=O)C1(C)CCNC1. The smallest absolute Gasteiger partial charge is 0.227 e. The Labute approximate surface area is 112 Å². The second kappa shape index (κ2) is 6.55. The Morgan fingerprint density at radius 3 is 2.67 bits per heavy atom. The quantitative estimate of drug-likeness (QED) is 0.686. The van der Waals surface area contributed by atoms with Crippen LogP contribution in [0.25, 0.3) is 0 Å². The van der Waals surface area contributed by atoms with Gasteiger partial charge in [-0.2, -0.15) is 0 Å². The van der Waals surface area contributed by atoms with Crippen LogP contribution >= 0.6 is 0 Å². The van der Waals surface area contributed by atoms with E-state index in [1.807, 2.05) is 0 Å². The Kier molecular flexibility index (Phi) is 5.64. The summed E-state index contributed by atoms with van der Waals surface area (Å²) in [6, 6.07) is 0. The number of carbonyl (C=O) groups excluding carboxylic acids is 1. The summed E-state index contributed by atoms with van der Waals surface area (Å²) in [7, 11) is 0. The van der Waals surface area contributed by atoms with Gasteiger partial charge in [-0.15, -0.1) is 0 Å². The number of amides is 1. The molecule has 1 aliphatic rings. The third-order valence-electron chi connectivity index (χ3n) is 4.10. The zero-order valence-corrected chi connectivity index (χ0v) is 12.6. The van der Waals surface area contributed by atoms with E-state index >= 15 is 0 Å². The molecule has 0 aromatic rings. The van der Waals surface area contributed by atoms with Crippen molar-refractivity contribution in [2.45, 2.75) is 59.8 Å². The lowest BCUT2D eigenvalue weighted by Gasteiger charge is -2.28. The number of hydrogen-bond acceptors (Lipinski definition) is 2. The first kappa shape index (κ1) is 15.5. The van der Waals surface area contributed by atoms with Crippen molar-refractivity contribution in [1.82, 2.24) is 10.6 Å². The normalized spacial score (nSPS) is 24.2. The lowest BCUT2D eigenvalue weighted by molar-refractivity contribution is -0.129. The minimum atomic E-state index is -0.195. The molecule has 1 rings (SSSR count). The molecule has 0 aliphatic carbocycles. The number of hydrogen-bond donors (Lipinski definition) is 2. The monoisotopic (exact) mass is 254 g/mol. The molecular weight excluding hydrogens is 224 g/mol. The lowest BCUT2D eigenvalue weighted by Crippen LogP contribution is -2.44. The molecule has 2 N–H and O–H groups in total. The van der Waals surface area contributed by atoms with E-state index in [1.165, 1.54) is 25.7 Å². The molecule has 0 spiro atoms. The summed E-state index contributed by atoms with van der Waals surface area (Å²) in [5.74, 6) is 0.219. The first-order chi connectivity index (χ1) is 8.40. The topological polar surface area (TPSA) is 41.1 Å². The van der Waals surface area contributed by atoms with Crippen LogP contribution in [0.2, 0.25) is 0 Å². The first-order valence-electron chi connectivity index (χ1n) is 7.39. The third-order valence-corrected chi connectivity index (χ3v) is 4.10. The summed E-state index contributed by atoms with van der Waals surface area (Å²) in [5, 5.41) is 6.43. The average Bonchev–Trinajstić information content (AvgIpc) is 2.75. The van der Waals surface area contributed by atoms with Gasteiger partial charge in [-0.25, -0.2) is 0 Å². The maximum Gasteiger partial charge on any atom is 0.227 e. The van der Waals surface area contributed by atoms with Gasteiger partial charge in [0.2, 0.25) is 5.91 Å². The number of unbranched alkanes of at least 4 members (excludes halogenated alkanes) is 2. The molecule has 1 unspecified atom stereocenters. The molecule has 1 amide bonds. The first-order valence-corrected chi connectivity index (χ1v) is 7.39. The Morgan fingerprint density at radius 2 is 2.11 bits per heavy atom. The van der Waals surface area contributed by atoms with Crippen molar-refractivity contribution >= 4 is 5.91 Å². The molecule has 0 saturated carbocycles. The Balaban J connectivity index is 2.32. The molecule has 1 fully saturated rings. The van der Waals surface area contributed by atoms with E-state index in [0.29, 0.717) is 0 Å². The zero-order valence-electron chi connectivity index (χ0n) is 12.6. The van der Waals surface area contributed by atoms with Crippen LogP contribution in [0.1, 0.15) is 59.8 Å². The fraction of sp³-hybridized carbons (Fsp3) is 0.933. The zero-order chi connectivity index (χ0) is 13.6. The van der Waals surface area contributed by atoms with Crippen molar-refractivity contribution in [3.05, 3.63) is 0 Å². The van der Waals surface area contributed by atoms with Crippen LogP contribution in [-0.2, 0) is 4.79 Å². The van der Waals surface area contributed by atoms with Crippen LogP contribution in [0.15, 0.2) is 0 Å². The van der Waals surface area contributed by atoms with Crippen molar-refractivity contribution < 1.29 is 4.79 Å². The van der Waals surface area contributed by atoms with Gasteiger partial charge >= 0.3 is 0 Å². The summed E-state index contributed by atoms with van der Waals surface area (Å²) >= 11 is 0. The van der Waals surface area contributed by atoms with E-state index < -0.39 is 0 Å². The molecule has 3 nitrogen and oxygen atoms in total. The number of carbonyl (C=O) groups is 1. The van der Waals surface area contributed by atoms with Crippen LogP contribution in [-0.4, -0.2) is 25.5 Å². The van der Waals surface area contributed by atoms with Crippen molar-refractivity contribution in [1.29, 1.82) is 0 Å². The highest BCUT2D eigenvalue weighted by molar-refractivity contribution is 5.82. The maximum atomic E-state index is 12.2. The average molecular weight is 254 g/mol. The number of rotatable bonds is 7. The minimum absolute atomic E-state index is 0.195. The van der Waals surface area contributed by atoms with Gasteiger partial charge in [0, 0.05) is 13.1 Å². The Bertz CT molecular complexity index is 268. The fourth-order valence-corrected chi connectivity index (χ4v) is 2.49. The second-order valence-electron chi connectivity index (χ2n) is 6.79. The van der Waals surface area contributed by atoms with Crippen molar-refractivity contribution in [3.8, 4) is 0 Å². The fourth-order valence-electron chi connectivity index (χ4n) is 2.49. The molecular formula is C15H30N2O. The molecule has 0 radical (unpaired) electrons. The molecule has 0 aromatic carbocycles. The lowest BCUT2D eigenvalue weighted by atomic mass is 9.85. The summed E-state index contributed by atoms with van der Waals surface area (Å²) in [6.45, 7) is 11.4. The minimum Gasteiger partial charge on any atom is -0.355 e. The van der Waals surface area contributed by atoms with Crippen molar-refractivity contribution in [3.63, 3.8) is 0 Å². The molecule has 1 heterocycles. The van der Waals surface area contributed by atoms with Gasteiger partial charge < -0.3 is 10.6 Å². The Morgan fingerprint density at radius 1 is 1.39 bits per heavy atom. The van der Waals surface area contributed by atoms with E-state index in [4.69, 9.17) is 0 Å². The highest BCUT2D eigenvalue weighted by Crippen LogP contribution is 2.26. The van der Waals surface area contributed by atoms with Crippen LogP contribution < -0.4 is 10.6 Å². The van der Waals surface area contributed by atoms with Gasteiger partial charge in [0.05, 0.1) is 5.41 Å². The van der Waals surface area contributed by atoms with Crippen molar-refractivity contribution in [2.75, 3.05) is 19.6 Å². The highest BCUT2D eigenvalue weighted by atomic mass is 16.2. The van der Waals surface area contributed by atoms with Crippen LogP contribution in [0.5, 0.6) is 0 Å².